The quantitative estimate of drug-likeness (QED) is 0.487. The first kappa shape index (κ1) is 16.4. The molecule has 6 heteroatoms. The molecule has 1 atom stereocenters. The normalized spacial score (nSPS) is 21.9. The summed E-state index contributed by atoms with van der Waals surface area (Å²) in [7, 11) is 0. The third kappa shape index (κ3) is 3.10. The van der Waals surface area contributed by atoms with Crippen molar-refractivity contribution in [3.63, 3.8) is 0 Å². The zero-order chi connectivity index (χ0) is 16.6. The van der Waals surface area contributed by atoms with Crippen LogP contribution in [-0.4, -0.2) is 0 Å². The number of benzene rings is 1. The molecule has 0 nitrogen and oxygen atoms in total. The Labute approximate surface area is 123 Å². The molecule has 0 N–H and O–H groups in total. The Morgan fingerprint density at radius 2 is 1.45 bits per heavy atom. The van der Waals surface area contributed by atoms with Crippen molar-refractivity contribution in [3.8, 4) is 0 Å². The van der Waals surface area contributed by atoms with Crippen LogP contribution in [0, 0.1) is 0 Å². The maximum atomic E-state index is 12.9. The molecule has 118 valence electrons. The molecule has 1 unspecified atom stereocenters. The van der Waals surface area contributed by atoms with Crippen molar-refractivity contribution in [1.29, 1.82) is 0 Å². The molecular formula is C16H12F6. The first-order valence-corrected chi connectivity index (χ1v) is 6.36. The van der Waals surface area contributed by atoms with Crippen LogP contribution in [0.25, 0.3) is 0 Å². The highest BCUT2D eigenvalue weighted by Crippen LogP contribution is 2.41. The Kier molecular flexibility index (Phi) is 3.98. The van der Waals surface area contributed by atoms with Crippen LogP contribution in [0.5, 0.6) is 0 Å². The molecule has 1 aromatic rings. The monoisotopic (exact) mass is 318 g/mol. The lowest BCUT2D eigenvalue weighted by Gasteiger charge is -2.29. The van der Waals surface area contributed by atoms with Gasteiger partial charge >= 0.3 is 12.4 Å². The van der Waals surface area contributed by atoms with E-state index in [4.69, 9.17) is 0 Å². The van der Waals surface area contributed by atoms with Gasteiger partial charge in [0.1, 0.15) is 0 Å². The predicted octanol–water partition coefficient (Wildman–Crippen LogP) is 5.66. The summed E-state index contributed by atoms with van der Waals surface area (Å²) in [5.41, 5.74) is -3.79. The SMILES string of the molecule is C=CC1(c2cc(C(F)(F)F)cc(C(F)(F)F)c2)C=CC=CC1. The van der Waals surface area contributed by atoms with E-state index in [9.17, 15) is 26.3 Å². The van der Waals surface area contributed by atoms with Crippen LogP contribution in [0.1, 0.15) is 23.1 Å². The van der Waals surface area contributed by atoms with Gasteiger partial charge in [-0.15, -0.1) is 6.58 Å². The van der Waals surface area contributed by atoms with E-state index in [-0.39, 0.29) is 18.1 Å². The van der Waals surface area contributed by atoms with E-state index in [0.29, 0.717) is 0 Å². The second-order valence-electron chi connectivity index (χ2n) is 5.03. The van der Waals surface area contributed by atoms with Crippen LogP contribution in [0.2, 0.25) is 0 Å². The van der Waals surface area contributed by atoms with E-state index in [0.717, 1.165) is 12.1 Å². The predicted molar refractivity (Wildman–Crippen MR) is 71.2 cm³/mol. The number of allylic oxidation sites excluding steroid dienone is 5. The van der Waals surface area contributed by atoms with Crippen molar-refractivity contribution in [3.05, 3.63) is 71.8 Å². The van der Waals surface area contributed by atoms with Gasteiger partial charge in [0.15, 0.2) is 0 Å². The van der Waals surface area contributed by atoms with Crippen LogP contribution < -0.4 is 0 Å². The van der Waals surface area contributed by atoms with Crippen LogP contribution in [0.3, 0.4) is 0 Å². The lowest BCUT2D eigenvalue weighted by Crippen LogP contribution is -2.23. The molecule has 0 saturated carbocycles. The van der Waals surface area contributed by atoms with E-state index in [2.05, 4.69) is 6.58 Å². The summed E-state index contributed by atoms with van der Waals surface area (Å²) in [5.74, 6) is 0. The average molecular weight is 318 g/mol. The summed E-state index contributed by atoms with van der Waals surface area (Å²) in [5, 5.41) is 0. The first-order valence-electron chi connectivity index (χ1n) is 6.36. The Bertz CT molecular complexity index is 601. The van der Waals surface area contributed by atoms with Crippen molar-refractivity contribution < 1.29 is 26.3 Å². The number of halogens is 6. The van der Waals surface area contributed by atoms with Crippen molar-refractivity contribution in [1.82, 2.24) is 0 Å². The standard InChI is InChI=1S/C16H12F6/c1-2-14(6-4-3-5-7-14)11-8-12(15(17,18)19)10-13(9-11)16(20,21)22/h2-6,8-10H,1,7H2. The van der Waals surface area contributed by atoms with E-state index < -0.39 is 28.9 Å². The Morgan fingerprint density at radius 3 is 1.82 bits per heavy atom. The topological polar surface area (TPSA) is 0 Å². The van der Waals surface area contributed by atoms with Crippen LogP contribution in [0.4, 0.5) is 26.3 Å². The molecule has 1 aliphatic rings. The molecule has 0 amide bonds. The summed E-state index contributed by atoms with van der Waals surface area (Å²) >= 11 is 0. The molecule has 0 spiro atoms. The second kappa shape index (κ2) is 5.34. The lowest BCUT2D eigenvalue weighted by molar-refractivity contribution is -0.143. The van der Waals surface area contributed by atoms with Gasteiger partial charge < -0.3 is 0 Å². The zero-order valence-corrected chi connectivity index (χ0v) is 11.3. The Morgan fingerprint density at radius 1 is 0.909 bits per heavy atom. The fraction of sp³-hybridized carbons (Fsp3) is 0.250. The first-order chi connectivity index (χ1) is 10.1. The smallest absolute Gasteiger partial charge is 0.166 e. The number of hydrogen-bond acceptors (Lipinski definition) is 0. The van der Waals surface area contributed by atoms with Crippen LogP contribution in [0.15, 0.2) is 55.2 Å². The molecule has 0 radical (unpaired) electrons. The van der Waals surface area contributed by atoms with Crippen molar-refractivity contribution in [2.75, 3.05) is 0 Å². The van der Waals surface area contributed by atoms with Crippen molar-refractivity contribution in [2.24, 2.45) is 0 Å². The summed E-state index contributed by atoms with van der Waals surface area (Å²) in [4.78, 5) is 0. The summed E-state index contributed by atoms with van der Waals surface area (Å²) in [6, 6.07) is 1.63. The maximum absolute atomic E-state index is 12.9. The Hall–Kier alpha value is -1.98. The molecule has 0 aliphatic heterocycles. The van der Waals surface area contributed by atoms with Gasteiger partial charge in [0.2, 0.25) is 0 Å². The van der Waals surface area contributed by atoms with Gasteiger partial charge in [0.25, 0.3) is 0 Å². The highest BCUT2D eigenvalue weighted by molar-refractivity contribution is 5.45. The fourth-order valence-electron chi connectivity index (χ4n) is 2.34. The molecule has 1 aromatic carbocycles. The lowest BCUT2D eigenvalue weighted by atomic mass is 9.74. The molecule has 0 fully saturated rings. The minimum Gasteiger partial charge on any atom is -0.166 e. The van der Waals surface area contributed by atoms with Gasteiger partial charge in [-0.05, 0) is 30.2 Å². The van der Waals surface area contributed by atoms with Gasteiger partial charge in [-0.25, -0.2) is 0 Å². The third-order valence-corrected chi connectivity index (χ3v) is 3.59. The number of alkyl halides is 6. The highest BCUT2D eigenvalue weighted by Gasteiger charge is 2.39. The average Bonchev–Trinajstić information content (AvgIpc) is 2.45. The minimum absolute atomic E-state index is 0.0785. The molecule has 0 aromatic heterocycles. The molecule has 0 saturated heterocycles. The largest absolute Gasteiger partial charge is 0.416 e. The van der Waals surface area contributed by atoms with Crippen molar-refractivity contribution in [2.45, 2.75) is 24.2 Å². The van der Waals surface area contributed by atoms with Crippen LogP contribution >= 0.6 is 0 Å². The number of rotatable bonds is 2. The van der Waals surface area contributed by atoms with Crippen molar-refractivity contribution >= 4 is 0 Å². The Balaban J connectivity index is 2.68. The molecular weight excluding hydrogens is 306 g/mol. The fourth-order valence-corrected chi connectivity index (χ4v) is 2.34. The van der Waals surface area contributed by atoms with Crippen LogP contribution in [-0.2, 0) is 17.8 Å². The van der Waals surface area contributed by atoms with Gasteiger partial charge in [0, 0.05) is 5.41 Å². The highest BCUT2D eigenvalue weighted by atomic mass is 19.4. The van der Waals surface area contributed by atoms with E-state index >= 15 is 0 Å². The molecule has 0 heterocycles. The van der Waals surface area contributed by atoms with Gasteiger partial charge in [0.05, 0.1) is 11.1 Å². The van der Waals surface area contributed by atoms with Gasteiger partial charge in [-0.2, -0.15) is 26.3 Å². The van der Waals surface area contributed by atoms with Gasteiger partial charge in [-0.3, -0.25) is 0 Å². The minimum atomic E-state index is -4.85. The third-order valence-electron chi connectivity index (χ3n) is 3.59. The second-order valence-corrected chi connectivity index (χ2v) is 5.03. The van der Waals surface area contributed by atoms with Gasteiger partial charge in [-0.1, -0.05) is 30.4 Å². The summed E-state index contributed by atoms with van der Waals surface area (Å²) < 4.78 is 77.4. The molecule has 1 aliphatic carbocycles. The summed E-state index contributed by atoms with van der Waals surface area (Å²) in [6.07, 6.45) is -1.60. The molecule has 2 rings (SSSR count). The maximum Gasteiger partial charge on any atom is 0.416 e. The number of hydrogen-bond donors (Lipinski definition) is 0. The zero-order valence-electron chi connectivity index (χ0n) is 11.3. The van der Waals surface area contributed by atoms with E-state index in [1.807, 2.05) is 0 Å². The van der Waals surface area contributed by atoms with E-state index in [1.165, 1.54) is 6.08 Å². The molecule has 0 bridgehead atoms. The summed E-state index contributed by atoms with van der Waals surface area (Å²) in [6.45, 7) is 3.57. The van der Waals surface area contributed by atoms with E-state index in [1.54, 1.807) is 24.3 Å². The molecule has 22 heavy (non-hydrogen) atoms.